The highest BCUT2D eigenvalue weighted by Gasteiger charge is 2.18. The second kappa shape index (κ2) is 6.55. The van der Waals surface area contributed by atoms with Gasteiger partial charge in [0.05, 0.1) is 11.1 Å². The van der Waals surface area contributed by atoms with Crippen LogP contribution in [0.3, 0.4) is 0 Å². The first-order chi connectivity index (χ1) is 8.49. The Morgan fingerprint density at radius 1 is 1.17 bits per heavy atom. The summed E-state index contributed by atoms with van der Waals surface area (Å²) in [6, 6.07) is 3.74. The van der Waals surface area contributed by atoms with Crippen molar-refractivity contribution in [3.63, 3.8) is 0 Å². The average molecular weight is 295 g/mol. The number of carbonyl (C=O) groups is 2. The summed E-state index contributed by atoms with van der Waals surface area (Å²) in [5.41, 5.74) is 0.214. The number of aliphatic hydroxyl groups is 2. The third-order valence-corrected chi connectivity index (χ3v) is 2.38. The van der Waals surface area contributed by atoms with Gasteiger partial charge in [0.1, 0.15) is 23.7 Å². The average Bonchev–Trinajstić information content (AvgIpc) is 2.36. The van der Waals surface area contributed by atoms with E-state index in [-0.39, 0.29) is 23.1 Å². The highest BCUT2D eigenvalue weighted by atomic mass is 35.5. The van der Waals surface area contributed by atoms with Crippen molar-refractivity contribution in [1.29, 1.82) is 0 Å². The summed E-state index contributed by atoms with van der Waals surface area (Å²) >= 11 is 9.85. The zero-order valence-corrected chi connectivity index (χ0v) is 10.3. The van der Waals surface area contributed by atoms with Crippen LogP contribution < -0.4 is 0 Å². The van der Waals surface area contributed by atoms with E-state index in [0.29, 0.717) is 0 Å². The molecule has 0 fully saturated rings. The molecule has 18 heavy (non-hydrogen) atoms. The number of benzene rings is 1. The van der Waals surface area contributed by atoms with Gasteiger partial charge in [-0.15, -0.1) is 0 Å². The highest BCUT2D eigenvalue weighted by molar-refractivity contribution is 6.17. The van der Waals surface area contributed by atoms with E-state index >= 15 is 0 Å². The number of halogens is 2. The van der Waals surface area contributed by atoms with Gasteiger partial charge in [0.25, 0.3) is 0 Å². The predicted octanol–water partition coefficient (Wildman–Crippen LogP) is 1.16. The van der Waals surface area contributed by atoms with Crippen LogP contribution in [0, 0.1) is 0 Å². The molecule has 0 aromatic heterocycles. The van der Waals surface area contributed by atoms with Gasteiger partial charge in [0.2, 0.25) is 0 Å². The van der Waals surface area contributed by atoms with Crippen molar-refractivity contribution < 1.29 is 28.4 Å². The molecular formula is C10H8Cl2O6. The Balaban J connectivity index is 3.19. The van der Waals surface area contributed by atoms with Crippen LogP contribution in [-0.2, 0) is 15.0 Å². The van der Waals surface area contributed by atoms with Crippen LogP contribution in [0.25, 0.3) is 0 Å². The summed E-state index contributed by atoms with van der Waals surface area (Å²) in [4.78, 5) is 22.5. The van der Waals surface area contributed by atoms with Gasteiger partial charge in [-0.2, -0.15) is 0 Å². The van der Waals surface area contributed by atoms with E-state index in [9.17, 15) is 9.59 Å². The smallest absolute Gasteiger partial charge is 0.356 e. The molecule has 0 aliphatic carbocycles. The molecule has 1 rings (SSSR count). The van der Waals surface area contributed by atoms with Crippen molar-refractivity contribution in [2.24, 2.45) is 0 Å². The molecule has 1 aromatic rings. The second-order valence-corrected chi connectivity index (χ2v) is 3.59. The predicted molar refractivity (Wildman–Crippen MR) is 60.9 cm³/mol. The maximum absolute atomic E-state index is 11.3. The quantitative estimate of drug-likeness (QED) is 0.810. The maximum atomic E-state index is 11.3. The van der Waals surface area contributed by atoms with Crippen LogP contribution in [0.15, 0.2) is 18.2 Å². The largest absolute Gasteiger partial charge is 0.368 e. The molecule has 0 saturated heterocycles. The molecule has 6 nitrogen and oxygen atoms in total. The third-order valence-electron chi connectivity index (χ3n) is 2.10. The second-order valence-electron chi connectivity index (χ2n) is 3.29. The fourth-order valence-corrected chi connectivity index (χ4v) is 1.54. The number of hydrogen-bond acceptors (Lipinski definition) is 6. The molecule has 8 heteroatoms. The van der Waals surface area contributed by atoms with E-state index < -0.39 is 18.2 Å². The molecule has 0 spiro atoms. The van der Waals surface area contributed by atoms with Crippen LogP contribution in [-0.4, -0.2) is 28.4 Å². The maximum Gasteiger partial charge on any atom is 0.356 e. The lowest BCUT2D eigenvalue weighted by Gasteiger charge is -2.09. The minimum Gasteiger partial charge on any atom is -0.368 e. The van der Waals surface area contributed by atoms with Gasteiger partial charge in [-0.3, -0.25) is 0 Å². The number of rotatable bonds is 4. The lowest BCUT2D eigenvalue weighted by molar-refractivity contribution is -0.0382. The van der Waals surface area contributed by atoms with E-state index in [1.807, 2.05) is 0 Å². The Bertz CT molecular complexity index is 460. The molecular weight excluding hydrogens is 287 g/mol. The molecule has 0 aliphatic rings. The Kier molecular flexibility index (Phi) is 5.36. The zero-order chi connectivity index (χ0) is 13.7. The summed E-state index contributed by atoms with van der Waals surface area (Å²) in [6.45, 7) is 0. The van der Waals surface area contributed by atoms with Crippen molar-refractivity contribution in [2.45, 2.75) is 12.7 Å². The van der Waals surface area contributed by atoms with Crippen LogP contribution in [0.1, 0.15) is 26.3 Å². The topological polar surface area (TPSA) is 93.1 Å². The van der Waals surface area contributed by atoms with E-state index in [4.69, 9.17) is 33.9 Å². The van der Waals surface area contributed by atoms with Gasteiger partial charge < -0.3 is 18.8 Å². The molecule has 98 valence electrons. The monoisotopic (exact) mass is 294 g/mol. The zero-order valence-electron chi connectivity index (χ0n) is 8.80. The minimum absolute atomic E-state index is 0.00391. The Hall–Kier alpha value is -1.34. The Morgan fingerprint density at radius 2 is 1.78 bits per heavy atom. The summed E-state index contributed by atoms with van der Waals surface area (Å²) in [6.07, 6.45) is -1.99. The van der Waals surface area contributed by atoms with Crippen molar-refractivity contribution in [3.05, 3.63) is 34.9 Å². The highest BCUT2D eigenvalue weighted by Crippen LogP contribution is 2.17. The molecule has 0 aliphatic heterocycles. The molecule has 0 bridgehead atoms. The molecule has 0 unspecified atom stereocenters. The van der Waals surface area contributed by atoms with Crippen molar-refractivity contribution in [3.8, 4) is 0 Å². The minimum atomic E-state index is -1.70. The molecule has 1 aromatic carbocycles. The van der Waals surface area contributed by atoms with Crippen LogP contribution in [0.4, 0.5) is 0 Å². The third kappa shape index (κ3) is 3.58. The summed E-state index contributed by atoms with van der Waals surface area (Å²) in [5, 5.41) is 17.8. The van der Waals surface area contributed by atoms with Gasteiger partial charge in [0.15, 0.2) is 6.29 Å². The van der Waals surface area contributed by atoms with E-state index in [1.165, 1.54) is 18.2 Å². The van der Waals surface area contributed by atoms with Gasteiger partial charge in [-0.05, 0) is 23.8 Å². The van der Waals surface area contributed by atoms with Crippen LogP contribution in [0.5, 0.6) is 0 Å². The molecule has 0 saturated carbocycles. The lowest BCUT2D eigenvalue weighted by Crippen LogP contribution is -2.14. The molecule has 0 amide bonds. The summed E-state index contributed by atoms with van der Waals surface area (Å²) in [7, 11) is 0. The first kappa shape index (κ1) is 14.7. The summed E-state index contributed by atoms with van der Waals surface area (Å²) < 4.78 is 8.00. The Morgan fingerprint density at radius 3 is 2.28 bits per heavy atom. The van der Waals surface area contributed by atoms with Crippen molar-refractivity contribution in [2.75, 3.05) is 0 Å². The van der Waals surface area contributed by atoms with Crippen molar-refractivity contribution in [1.82, 2.24) is 0 Å². The fraction of sp³-hybridized carbons (Fsp3) is 0.200. The van der Waals surface area contributed by atoms with Gasteiger partial charge in [0, 0.05) is 6.42 Å². The lowest BCUT2D eigenvalue weighted by atomic mass is 10.0. The first-order valence-corrected chi connectivity index (χ1v) is 5.26. The van der Waals surface area contributed by atoms with Gasteiger partial charge in [-0.1, -0.05) is 0 Å². The normalized spacial score (nSPS) is 10.3. The van der Waals surface area contributed by atoms with Gasteiger partial charge >= 0.3 is 11.9 Å². The SMILES string of the molecule is O=C(OCl)c1ccc(C(=O)OCl)c(CC(O)O)c1. The van der Waals surface area contributed by atoms with E-state index in [0.717, 1.165) is 0 Å². The number of carbonyl (C=O) groups excluding carboxylic acids is 2. The Labute approximate surface area is 112 Å². The van der Waals surface area contributed by atoms with Gasteiger partial charge in [-0.25, -0.2) is 9.59 Å². The first-order valence-electron chi connectivity index (χ1n) is 4.64. The van der Waals surface area contributed by atoms with E-state index in [2.05, 4.69) is 8.58 Å². The van der Waals surface area contributed by atoms with Crippen LogP contribution in [0.2, 0.25) is 0 Å². The molecule has 0 atom stereocenters. The molecule has 2 N–H and O–H groups in total. The molecule has 0 radical (unpaired) electrons. The fourth-order valence-electron chi connectivity index (χ4n) is 1.37. The van der Waals surface area contributed by atoms with Crippen molar-refractivity contribution >= 4 is 35.7 Å². The molecule has 0 heterocycles. The standard InChI is InChI=1S/C10H8Cl2O6/c11-17-9(15)5-1-2-7(10(16)18-12)6(3-5)4-8(13)14/h1-3,8,13-14H,4H2. The van der Waals surface area contributed by atoms with E-state index in [1.54, 1.807) is 0 Å². The number of aliphatic hydroxyl groups excluding tert-OH is 1. The van der Waals surface area contributed by atoms with Crippen LogP contribution >= 0.6 is 23.7 Å². The number of hydrogen-bond donors (Lipinski definition) is 2. The summed E-state index contributed by atoms with van der Waals surface area (Å²) in [5.74, 6) is -1.71.